The number of aromatic nitrogens is 2. The Kier molecular flexibility index (Phi) is 7.09. The van der Waals surface area contributed by atoms with Crippen LogP contribution in [0.25, 0.3) is 5.69 Å². The van der Waals surface area contributed by atoms with Crippen molar-refractivity contribution in [1.82, 2.24) is 9.78 Å². The second kappa shape index (κ2) is 9.82. The molecular weight excluding hydrogens is 443 g/mol. The van der Waals surface area contributed by atoms with E-state index in [2.05, 4.69) is 10.4 Å². The van der Waals surface area contributed by atoms with Gasteiger partial charge in [0.1, 0.15) is 11.6 Å². The zero-order chi connectivity index (χ0) is 25.0. The molecule has 3 N–H and O–H groups in total. The summed E-state index contributed by atoms with van der Waals surface area (Å²) in [4.78, 5) is 24.3. The molecule has 0 saturated heterocycles. The topological polar surface area (TPSA) is 118 Å². The maximum absolute atomic E-state index is 13.4. The minimum atomic E-state index is -0.672. The smallest absolute Gasteiger partial charge is 0.257 e. The highest BCUT2D eigenvalue weighted by Gasteiger charge is 2.23. The average Bonchev–Trinajstić information content (AvgIpc) is 3.21. The van der Waals surface area contributed by atoms with Crippen molar-refractivity contribution in [2.75, 3.05) is 26.1 Å². The van der Waals surface area contributed by atoms with Crippen molar-refractivity contribution in [2.45, 2.75) is 26.2 Å². The first kappa shape index (κ1) is 24.6. The first-order chi connectivity index (χ1) is 16.0. The summed E-state index contributed by atoms with van der Waals surface area (Å²) < 4.78 is 31.0. The van der Waals surface area contributed by atoms with Crippen LogP contribution in [0.3, 0.4) is 0 Å². The summed E-state index contributed by atoms with van der Waals surface area (Å²) in [6.07, 6.45) is 0. The van der Waals surface area contributed by atoms with E-state index in [1.807, 2.05) is 20.8 Å². The quantitative estimate of drug-likeness (QED) is 0.521. The third-order valence-corrected chi connectivity index (χ3v) is 4.87. The van der Waals surface area contributed by atoms with Crippen LogP contribution in [0.2, 0.25) is 0 Å². The van der Waals surface area contributed by atoms with Gasteiger partial charge in [-0.2, -0.15) is 5.10 Å². The second-order valence-corrected chi connectivity index (χ2v) is 8.47. The summed E-state index contributed by atoms with van der Waals surface area (Å²) in [5.74, 6) is -0.603. The van der Waals surface area contributed by atoms with Crippen LogP contribution in [0.4, 0.5) is 10.2 Å². The molecule has 3 aromatic rings. The number of primary amides is 1. The van der Waals surface area contributed by atoms with E-state index in [-0.39, 0.29) is 40.7 Å². The van der Waals surface area contributed by atoms with Gasteiger partial charge in [0, 0.05) is 17.0 Å². The van der Waals surface area contributed by atoms with Crippen molar-refractivity contribution in [2.24, 2.45) is 5.73 Å². The van der Waals surface area contributed by atoms with Crippen LogP contribution in [0.15, 0.2) is 42.5 Å². The van der Waals surface area contributed by atoms with E-state index in [0.29, 0.717) is 11.5 Å². The third-order valence-electron chi connectivity index (χ3n) is 4.87. The summed E-state index contributed by atoms with van der Waals surface area (Å²) in [7, 11) is 2.79. The van der Waals surface area contributed by atoms with Crippen LogP contribution < -0.4 is 25.3 Å². The largest absolute Gasteiger partial charge is 0.493 e. The Labute approximate surface area is 196 Å². The van der Waals surface area contributed by atoms with Gasteiger partial charge >= 0.3 is 0 Å². The molecule has 3 rings (SSSR count). The molecule has 0 aliphatic rings. The van der Waals surface area contributed by atoms with Crippen molar-refractivity contribution in [3.63, 3.8) is 0 Å². The van der Waals surface area contributed by atoms with Gasteiger partial charge in [0.2, 0.25) is 5.75 Å². The average molecular weight is 471 g/mol. The van der Waals surface area contributed by atoms with E-state index >= 15 is 0 Å². The summed E-state index contributed by atoms with van der Waals surface area (Å²) in [6.45, 7) is 5.61. The first-order valence-corrected chi connectivity index (χ1v) is 10.4. The SMILES string of the molecule is COc1cc(C(=O)Nc2cc(C(C)(C)C)nn2-c2ccc(F)cc2)cc(OC)c1OCC(N)=O. The lowest BCUT2D eigenvalue weighted by Crippen LogP contribution is -2.20. The normalized spacial score (nSPS) is 11.1. The standard InChI is InChI=1S/C24H27FN4O5/c1-24(2,3)19-12-21(29(28-19)16-8-6-15(25)7-9-16)27-23(31)14-10-17(32-4)22(18(11-14)33-5)34-13-20(26)30/h6-12H,13H2,1-5H3,(H2,26,30)(H,27,31). The number of ether oxygens (including phenoxy) is 3. The monoisotopic (exact) mass is 470 g/mol. The van der Waals surface area contributed by atoms with E-state index in [1.54, 1.807) is 18.2 Å². The number of benzene rings is 2. The van der Waals surface area contributed by atoms with Gasteiger partial charge in [-0.15, -0.1) is 0 Å². The molecule has 9 nitrogen and oxygen atoms in total. The van der Waals surface area contributed by atoms with Gasteiger partial charge in [-0.3, -0.25) is 9.59 Å². The maximum atomic E-state index is 13.4. The molecule has 2 aromatic carbocycles. The van der Waals surface area contributed by atoms with Gasteiger partial charge in [0.05, 0.1) is 25.6 Å². The van der Waals surface area contributed by atoms with Crippen LogP contribution in [-0.4, -0.2) is 42.4 Å². The van der Waals surface area contributed by atoms with Crippen molar-refractivity contribution < 1.29 is 28.2 Å². The molecule has 1 aromatic heterocycles. The van der Waals surface area contributed by atoms with Crippen molar-refractivity contribution in [1.29, 1.82) is 0 Å². The molecule has 34 heavy (non-hydrogen) atoms. The Morgan fingerprint density at radius 3 is 2.15 bits per heavy atom. The molecule has 0 radical (unpaired) electrons. The van der Waals surface area contributed by atoms with Crippen molar-refractivity contribution in [3.05, 3.63) is 59.5 Å². The second-order valence-electron chi connectivity index (χ2n) is 8.47. The van der Waals surface area contributed by atoms with Crippen LogP contribution in [0.5, 0.6) is 17.2 Å². The van der Waals surface area contributed by atoms with Crippen molar-refractivity contribution >= 4 is 17.6 Å². The molecule has 0 aliphatic heterocycles. The Bertz CT molecular complexity index is 1170. The molecule has 1 heterocycles. The molecule has 0 unspecified atom stereocenters. The zero-order valence-corrected chi connectivity index (χ0v) is 19.6. The highest BCUT2D eigenvalue weighted by molar-refractivity contribution is 6.05. The zero-order valence-electron chi connectivity index (χ0n) is 19.6. The van der Waals surface area contributed by atoms with Crippen LogP contribution >= 0.6 is 0 Å². The van der Waals surface area contributed by atoms with Gasteiger partial charge in [0.25, 0.3) is 11.8 Å². The van der Waals surface area contributed by atoms with E-state index in [0.717, 1.165) is 5.69 Å². The molecule has 0 atom stereocenters. The molecule has 0 aliphatic carbocycles. The minimum absolute atomic E-state index is 0.145. The molecule has 10 heteroatoms. The van der Waals surface area contributed by atoms with Gasteiger partial charge in [-0.25, -0.2) is 9.07 Å². The predicted molar refractivity (Wildman–Crippen MR) is 124 cm³/mol. The molecular formula is C24H27FN4O5. The number of carbonyl (C=O) groups excluding carboxylic acids is 2. The highest BCUT2D eigenvalue weighted by atomic mass is 19.1. The van der Waals surface area contributed by atoms with Gasteiger partial charge in [-0.05, 0) is 36.4 Å². The summed E-state index contributed by atoms with van der Waals surface area (Å²) in [5.41, 5.74) is 6.38. The minimum Gasteiger partial charge on any atom is -0.493 e. The molecule has 0 fully saturated rings. The number of amides is 2. The third kappa shape index (κ3) is 5.45. The lowest BCUT2D eigenvalue weighted by molar-refractivity contribution is -0.120. The Balaban J connectivity index is 1.99. The lowest BCUT2D eigenvalue weighted by Gasteiger charge is -2.15. The lowest BCUT2D eigenvalue weighted by atomic mass is 9.92. The maximum Gasteiger partial charge on any atom is 0.257 e. The molecule has 180 valence electrons. The molecule has 0 saturated carbocycles. The number of rotatable bonds is 8. The number of hydrogen-bond donors (Lipinski definition) is 2. The molecule has 2 amide bonds. The molecule has 0 spiro atoms. The van der Waals surface area contributed by atoms with E-state index in [4.69, 9.17) is 19.9 Å². The Hall–Kier alpha value is -4.08. The van der Waals surface area contributed by atoms with Crippen molar-refractivity contribution in [3.8, 4) is 22.9 Å². The number of halogens is 1. The highest BCUT2D eigenvalue weighted by Crippen LogP contribution is 2.39. The number of nitrogens with two attached hydrogens (primary N) is 1. The number of nitrogens with zero attached hydrogens (tertiary/aromatic N) is 2. The van der Waals surface area contributed by atoms with Gasteiger partial charge in [0.15, 0.2) is 18.1 Å². The number of methoxy groups -OCH3 is 2. The number of nitrogens with one attached hydrogen (secondary N) is 1. The number of carbonyl (C=O) groups is 2. The van der Waals surface area contributed by atoms with Gasteiger partial charge < -0.3 is 25.3 Å². The number of anilines is 1. The van der Waals surface area contributed by atoms with E-state index in [9.17, 15) is 14.0 Å². The Morgan fingerprint density at radius 1 is 1.06 bits per heavy atom. The fraction of sp³-hybridized carbons (Fsp3) is 0.292. The van der Waals surface area contributed by atoms with Crippen LogP contribution in [-0.2, 0) is 10.2 Å². The van der Waals surface area contributed by atoms with E-state index in [1.165, 1.54) is 43.2 Å². The van der Waals surface area contributed by atoms with Gasteiger partial charge in [-0.1, -0.05) is 20.8 Å². The fourth-order valence-corrected chi connectivity index (χ4v) is 3.10. The summed E-state index contributed by atoms with van der Waals surface area (Å²) >= 11 is 0. The fourth-order valence-electron chi connectivity index (χ4n) is 3.10. The predicted octanol–water partition coefficient (Wildman–Crippen LogP) is 3.44. The summed E-state index contributed by atoms with van der Waals surface area (Å²) in [5, 5.41) is 7.46. The Morgan fingerprint density at radius 2 is 1.65 bits per heavy atom. The number of hydrogen-bond acceptors (Lipinski definition) is 6. The van der Waals surface area contributed by atoms with E-state index < -0.39 is 11.8 Å². The first-order valence-electron chi connectivity index (χ1n) is 10.4. The summed E-state index contributed by atoms with van der Waals surface area (Å²) in [6, 6.07) is 10.5. The van der Waals surface area contributed by atoms with Crippen LogP contribution in [0.1, 0.15) is 36.8 Å². The molecule has 0 bridgehead atoms. The van der Waals surface area contributed by atoms with Crippen LogP contribution in [0, 0.1) is 5.82 Å².